The third-order valence-electron chi connectivity index (χ3n) is 4.30. The molecule has 0 aliphatic carbocycles. The molecule has 0 radical (unpaired) electrons. The number of likely N-dealkylation sites (tertiary alicyclic amines) is 1. The van der Waals surface area contributed by atoms with Gasteiger partial charge in [0, 0.05) is 29.4 Å². The summed E-state index contributed by atoms with van der Waals surface area (Å²) in [6, 6.07) is 9.23. The first-order chi connectivity index (χ1) is 12.4. The Labute approximate surface area is 146 Å². The van der Waals surface area contributed by atoms with Crippen LogP contribution in [0.4, 0.5) is 13.2 Å². The van der Waals surface area contributed by atoms with Gasteiger partial charge in [-0.05, 0) is 12.1 Å². The minimum atomic E-state index is -4.45. The number of alkyl halides is 3. The molecule has 0 bridgehead atoms. The van der Waals surface area contributed by atoms with Gasteiger partial charge in [-0.1, -0.05) is 18.2 Å². The molecule has 134 valence electrons. The fourth-order valence-corrected chi connectivity index (χ4v) is 2.92. The van der Waals surface area contributed by atoms with Crippen molar-refractivity contribution in [3.8, 4) is 5.88 Å². The lowest BCUT2D eigenvalue weighted by atomic mass is 10.1. The molecule has 0 spiro atoms. The highest BCUT2D eigenvalue weighted by Gasteiger charge is 2.35. The minimum absolute atomic E-state index is 0.0935. The molecule has 1 amide bonds. The predicted molar refractivity (Wildman–Crippen MR) is 87.9 cm³/mol. The van der Waals surface area contributed by atoms with Crippen LogP contribution >= 0.6 is 0 Å². The summed E-state index contributed by atoms with van der Waals surface area (Å²) in [5.41, 5.74) is 0.627. The average Bonchev–Trinajstić information content (AvgIpc) is 3.01. The van der Waals surface area contributed by atoms with Gasteiger partial charge >= 0.3 is 6.18 Å². The van der Waals surface area contributed by atoms with Crippen LogP contribution in [0.25, 0.3) is 10.9 Å². The van der Waals surface area contributed by atoms with Crippen LogP contribution in [0.15, 0.2) is 48.8 Å². The summed E-state index contributed by atoms with van der Waals surface area (Å²) in [5.74, 6) is -0.233. The number of aromatic amines is 1. The third kappa shape index (κ3) is 2.98. The third-order valence-corrected chi connectivity index (χ3v) is 4.30. The number of benzene rings is 1. The molecule has 1 aliphatic heterocycles. The van der Waals surface area contributed by atoms with Gasteiger partial charge in [-0.2, -0.15) is 13.2 Å². The van der Waals surface area contributed by atoms with Crippen molar-refractivity contribution >= 4 is 16.8 Å². The topological polar surface area (TPSA) is 58.2 Å². The van der Waals surface area contributed by atoms with Crippen molar-refractivity contribution in [2.45, 2.75) is 12.3 Å². The number of fused-ring (bicyclic) bond motifs is 1. The normalized spacial score (nSPS) is 15.1. The molecule has 1 N–H and O–H groups in total. The standard InChI is InChI=1S/C18H14F3N3O2/c19-18(20,21)11-5-6-22-16(7-11)26-12-9-24(10-12)17(25)14-8-23-15-4-2-1-3-13(14)15/h1-8,12,23H,9-10H2. The van der Waals surface area contributed by atoms with Gasteiger partial charge in [-0.25, -0.2) is 4.98 Å². The first-order valence-electron chi connectivity index (χ1n) is 7.97. The number of pyridine rings is 1. The second kappa shape index (κ2) is 6.05. The van der Waals surface area contributed by atoms with E-state index in [-0.39, 0.29) is 17.9 Å². The number of amides is 1. The number of aromatic nitrogens is 2. The van der Waals surface area contributed by atoms with Crippen LogP contribution in [0.2, 0.25) is 0 Å². The molecule has 0 saturated carbocycles. The zero-order valence-corrected chi connectivity index (χ0v) is 13.5. The number of halogens is 3. The molecule has 1 fully saturated rings. The quantitative estimate of drug-likeness (QED) is 0.777. The zero-order valence-electron chi connectivity index (χ0n) is 13.5. The van der Waals surface area contributed by atoms with Crippen molar-refractivity contribution < 1.29 is 22.7 Å². The van der Waals surface area contributed by atoms with Gasteiger partial charge in [0.25, 0.3) is 5.91 Å². The van der Waals surface area contributed by atoms with Gasteiger partial charge in [0.1, 0.15) is 6.10 Å². The van der Waals surface area contributed by atoms with E-state index in [4.69, 9.17) is 4.74 Å². The lowest BCUT2D eigenvalue weighted by Gasteiger charge is -2.38. The molecule has 8 heteroatoms. The molecule has 1 saturated heterocycles. The van der Waals surface area contributed by atoms with E-state index in [1.54, 1.807) is 11.1 Å². The maximum atomic E-state index is 12.7. The first kappa shape index (κ1) is 16.4. The number of rotatable bonds is 3. The minimum Gasteiger partial charge on any atom is -0.471 e. The maximum absolute atomic E-state index is 12.7. The Hall–Kier alpha value is -3.03. The molecule has 0 atom stereocenters. The zero-order chi connectivity index (χ0) is 18.3. The van der Waals surface area contributed by atoms with Crippen molar-refractivity contribution in [2.24, 2.45) is 0 Å². The number of nitrogens with zero attached hydrogens (tertiary/aromatic N) is 2. The number of hydrogen-bond acceptors (Lipinski definition) is 3. The number of H-pyrrole nitrogens is 1. The van der Waals surface area contributed by atoms with Crippen molar-refractivity contribution in [1.82, 2.24) is 14.9 Å². The maximum Gasteiger partial charge on any atom is 0.416 e. The van der Waals surface area contributed by atoms with Crippen molar-refractivity contribution in [3.05, 3.63) is 59.9 Å². The van der Waals surface area contributed by atoms with Crippen molar-refractivity contribution in [2.75, 3.05) is 13.1 Å². The lowest BCUT2D eigenvalue weighted by Crippen LogP contribution is -2.56. The van der Waals surface area contributed by atoms with Crippen LogP contribution in [-0.2, 0) is 6.18 Å². The Bertz CT molecular complexity index is 961. The summed E-state index contributed by atoms with van der Waals surface area (Å²) in [6.45, 7) is 0.604. The summed E-state index contributed by atoms with van der Waals surface area (Å²) in [4.78, 5) is 21.0. The number of ether oxygens (including phenoxy) is 1. The SMILES string of the molecule is O=C(c1c[nH]c2ccccc12)N1CC(Oc2cc(C(F)(F)F)ccn2)C1. The number of para-hydroxylation sites is 1. The molecule has 2 aromatic heterocycles. The molecule has 3 heterocycles. The van der Waals surface area contributed by atoms with E-state index < -0.39 is 11.7 Å². The highest BCUT2D eigenvalue weighted by Crippen LogP contribution is 2.31. The van der Waals surface area contributed by atoms with Gasteiger partial charge in [-0.3, -0.25) is 4.79 Å². The molecule has 0 unspecified atom stereocenters. The van der Waals surface area contributed by atoms with E-state index >= 15 is 0 Å². The number of hydrogen-bond donors (Lipinski definition) is 1. The molecule has 4 rings (SSSR count). The van der Waals surface area contributed by atoms with Crippen LogP contribution in [0.1, 0.15) is 15.9 Å². The van der Waals surface area contributed by atoms with E-state index in [1.807, 2.05) is 24.3 Å². The summed E-state index contributed by atoms with van der Waals surface area (Å²) in [5, 5.41) is 0.835. The average molecular weight is 361 g/mol. The highest BCUT2D eigenvalue weighted by atomic mass is 19.4. The summed E-state index contributed by atoms with van der Waals surface area (Å²) in [6.07, 6.45) is -2.10. The molecule has 5 nitrogen and oxygen atoms in total. The summed E-state index contributed by atoms with van der Waals surface area (Å²) in [7, 11) is 0. The van der Waals surface area contributed by atoms with Crippen LogP contribution in [0.5, 0.6) is 5.88 Å². The largest absolute Gasteiger partial charge is 0.471 e. The number of carbonyl (C=O) groups is 1. The summed E-state index contributed by atoms with van der Waals surface area (Å²) < 4.78 is 43.6. The Morgan fingerprint density at radius 1 is 1.23 bits per heavy atom. The molecule has 1 aliphatic rings. The summed E-state index contributed by atoms with van der Waals surface area (Å²) >= 11 is 0. The Balaban J connectivity index is 1.41. The van der Waals surface area contributed by atoms with E-state index in [0.717, 1.165) is 29.2 Å². The van der Waals surface area contributed by atoms with E-state index in [1.165, 1.54) is 0 Å². The molecule has 1 aromatic carbocycles. The van der Waals surface area contributed by atoms with Crippen LogP contribution in [-0.4, -0.2) is 40.0 Å². The van der Waals surface area contributed by atoms with Gasteiger partial charge < -0.3 is 14.6 Å². The molecular formula is C18H14F3N3O2. The van der Waals surface area contributed by atoms with Gasteiger partial charge in [0.2, 0.25) is 5.88 Å². The lowest BCUT2D eigenvalue weighted by molar-refractivity contribution is -0.137. The van der Waals surface area contributed by atoms with E-state index in [2.05, 4.69) is 9.97 Å². The fraction of sp³-hybridized carbons (Fsp3) is 0.222. The second-order valence-corrected chi connectivity index (χ2v) is 6.08. The molecule has 26 heavy (non-hydrogen) atoms. The molecule has 3 aromatic rings. The Morgan fingerprint density at radius 2 is 2.00 bits per heavy atom. The van der Waals surface area contributed by atoms with Gasteiger partial charge in [0.05, 0.1) is 24.2 Å². The number of nitrogens with one attached hydrogen (secondary N) is 1. The van der Waals surface area contributed by atoms with Crippen LogP contribution in [0, 0.1) is 0 Å². The fourth-order valence-electron chi connectivity index (χ4n) is 2.92. The highest BCUT2D eigenvalue weighted by molar-refractivity contribution is 6.06. The van der Waals surface area contributed by atoms with E-state index in [9.17, 15) is 18.0 Å². The number of carbonyl (C=O) groups excluding carboxylic acids is 1. The van der Waals surface area contributed by atoms with E-state index in [0.29, 0.717) is 18.7 Å². The first-order valence-corrected chi connectivity index (χ1v) is 7.97. The van der Waals surface area contributed by atoms with Gasteiger partial charge in [-0.15, -0.1) is 0 Å². The van der Waals surface area contributed by atoms with Crippen molar-refractivity contribution in [3.63, 3.8) is 0 Å². The van der Waals surface area contributed by atoms with Crippen molar-refractivity contribution in [1.29, 1.82) is 0 Å². The second-order valence-electron chi connectivity index (χ2n) is 6.08. The Morgan fingerprint density at radius 3 is 2.77 bits per heavy atom. The smallest absolute Gasteiger partial charge is 0.416 e. The van der Waals surface area contributed by atoms with Crippen LogP contribution < -0.4 is 4.74 Å². The van der Waals surface area contributed by atoms with Gasteiger partial charge in [0.15, 0.2) is 0 Å². The molecular weight excluding hydrogens is 347 g/mol. The predicted octanol–water partition coefficient (Wildman–Crippen LogP) is 3.49. The Kier molecular flexibility index (Phi) is 3.82. The monoisotopic (exact) mass is 361 g/mol. The van der Waals surface area contributed by atoms with Crippen LogP contribution in [0.3, 0.4) is 0 Å².